The van der Waals surface area contributed by atoms with Gasteiger partial charge in [-0.2, -0.15) is 0 Å². The number of carbonyl (C=O) groups excluding carboxylic acids is 4. The minimum absolute atomic E-state index is 0.00209. The number of hydrogen-bond donors (Lipinski definition) is 4. The zero-order valence-electron chi connectivity index (χ0n) is 32.2. The van der Waals surface area contributed by atoms with Gasteiger partial charge in [0.15, 0.2) is 0 Å². The van der Waals surface area contributed by atoms with Crippen molar-refractivity contribution in [1.82, 2.24) is 25.7 Å². The van der Waals surface area contributed by atoms with Crippen molar-refractivity contribution in [2.24, 2.45) is 0 Å². The van der Waals surface area contributed by atoms with Gasteiger partial charge >= 0.3 is 6.03 Å². The van der Waals surface area contributed by atoms with Crippen LogP contribution in [0.3, 0.4) is 0 Å². The Kier molecular flexibility index (Phi) is 16.2. The number of rotatable bonds is 15. The van der Waals surface area contributed by atoms with Crippen LogP contribution in [0, 0.1) is 0 Å². The molecule has 0 spiro atoms. The lowest BCUT2D eigenvalue weighted by Gasteiger charge is -2.22. The highest BCUT2D eigenvalue weighted by Gasteiger charge is 2.31. The lowest BCUT2D eigenvalue weighted by molar-refractivity contribution is -0.118. The van der Waals surface area contributed by atoms with Gasteiger partial charge < -0.3 is 25.0 Å². The Morgan fingerprint density at radius 2 is 1.69 bits per heavy atom. The Hall–Kier alpha value is -5.32. The van der Waals surface area contributed by atoms with E-state index in [-0.39, 0.29) is 33.2 Å². The summed E-state index contributed by atoms with van der Waals surface area (Å²) in [6.45, 7) is 1.60. The highest BCUT2D eigenvalue weighted by molar-refractivity contribution is 8.15. The Labute approximate surface area is 347 Å². The van der Waals surface area contributed by atoms with Crippen molar-refractivity contribution in [1.29, 1.82) is 0 Å². The third kappa shape index (κ3) is 13.4. The normalized spacial score (nSPS) is 15.3. The van der Waals surface area contributed by atoms with Gasteiger partial charge in [0, 0.05) is 30.9 Å². The monoisotopic (exact) mass is 850 g/mol. The number of methoxy groups -OCH3 is 1. The van der Waals surface area contributed by atoms with Gasteiger partial charge in [-0.3, -0.25) is 19.7 Å². The molecule has 5 amide bonds. The van der Waals surface area contributed by atoms with Crippen molar-refractivity contribution in [2.75, 3.05) is 38.8 Å². The molecule has 0 bridgehead atoms. The fraction of sp³-hybridized carbons (Fsp3) is 0.341. The molecule has 6 rings (SSSR count). The molecule has 0 radical (unpaired) electrons. The molecule has 1 aromatic heterocycles. The lowest BCUT2D eigenvalue weighted by Crippen LogP contribution is -2.45. The molecule has 2 aliphatic rings. The summed E-state index contributed by atoms with van der Waals surface area (Å²) in [4.78, 5) is 53.6. The van der Waals surface area contributed by atoms with Crippen LogP contribution in [0.15, 0.2) is 96.0 Å². The minimum atomic E-state index is -3.97. The Morgan fingerprint density at radius 3 is 2.34 bits per heavy atom. The second-order valence-electron chi connectivity index (χ2n) is 13.6. The number of thioether (sulfide) groups is 1. The number of nitrogens with zero attached hydrogens (tertiary/aromatic N) is 2. The molecule has 308 valence electrons. The minimum Gasteiger partial charge on any atom is -0.496 e. The van der Waals surface area contributed by atoms with Crippen LogP contribution in [-0.2, 0) is 27.7 Å². The number of likely N-dealkylation sites (N-methyl/N-ethyl adjacent to an activating group) is 1. The number of urea groups is 1. The SMILES string of the molecule is CN(CCOc1ccc(CC2SC(=O)NC2=O)cc1)c1ccccn1.COc1ccc(Cl)cc1C(=O)NCCc1ccc(S(=O)(=O)NC(=O)NC2CCCCC2)cc1. The number of carbonyl (C=O) groups is 4. The molecule has 14 nitrogen and oxygen atoms in total. The summed E-state index contributed by atoms with van der Waals surface area (Å²) >= 11 is 7.01. The number of hydrogen-bond acceptors (Lipinski definition) is 11. The zero-order chi connectivity index (χ0) is 41.5. The maximum atomic E-state index is 12.5. The Balaban J connectivity index is 0.000000229. The van der Waals surface area contributed by atoms with E-state index in [1.165, 1.54) is 25.3 Å². The molecule has 1 atom stereocenters. The number of anilines is 1. The van der Waals surface area contributed by atoms with Crippen LogP contribution >= 0.6 is 23.4 Å². The van der Waals surface area contributed by atoms with Gasteiger partial charge in [0.25, 0.3) is 21.2 Å². The van der Waals surface area contributed by atoms with Crippen LogP contribution in [-0.4, -0.2) is 81.6 Å². The average molecular weight is 851 g/mol. The van der Waals surface area contributed by atoms with E-state index in [1.807, 2.05) is 54.4 Å². The maximum Gasteiger partial charge on any atom is 0.328 e. The van der Waals surface area contributed by atoms with E-state index in [2.05, 4.69) is 25.7 Å². The summed E-state index contributed by atoms with van der Waals surface area (Å²) < 4.78 is 38.0. The molecule has 1 aliphatic heterocycles. The summed E-state index contributed by atoms with van der Waals surface area (Å²) in [5.74, 6) is 1.57. The van der Waals surface area contributed by atoms with E-state index in [9.17, 15) is 27.6 Å². The van der Waals surface area contributed by atoms with Gasteiger partial charge in [0.2, 0.25) is 5.91 Å². The first kappa shape index (κ1) is 43.8. The number of nitrogens with one attached hydrogen (secondary N) is 4. The summed E-state index contributed by atoms with van der Waals surface area (Å²) in [6, 6.07) is 23.7. The van der Waals surface area contributed by atoms with Gasteiger partial charge in [-0.15, -0.1) is 0 Å². The average Bonchev–Trinajstić information content (AvgIpc) is 3.54. The van der Waals surface area contributed by atoms with E-state index in [4.69, 9.17) is 21.1 Å². The number of pyridine rings is 1. The van der Waals surface area contributed by atoms with Gasteiger partial charge in [-0.1, -0.05) is 73.0 Å². The predicted octanol–water partition coefficient (Wildman–Crippen LogP) is 6.13. The van der Waals surface area contributed by atoms with Crippen molar-refractivity contribution in [3.8, 4) is 11.5 Å². The van der Waals surface area contributed by atoms with E-state index >= 15 is 0 Å². The van der Waals surface area contributed by atoms with Crippen LogP contribution in [0.5, 0.6) is 11.5 Å². The van der Waals surface area contributed by atoms with Gasteiger partial charge in [0.05, 0.1) is 29.4 Å². The predicted molar refractivity (Wildman–Crippen MR) is 224 cm³/mol. The third-order valence-electron chi connectivity index (χ3n) is 9.35. The molecule has 2 fully saturated rings. The summed E-state index contributed by atoms with van der Waals surface area (Å²) in [6.07, 6.45) is 7.73. The van der Waals surface area contributed by atoms with Crippen LogP contribution in [0.2, 0.25) is 5.02 Å². The van der Waals surface area contributed by atoms with Crippen molar-refractivity contribution in [3.05, 3.63) is 113 Å². The highest BCUT2D eigenvalue weighted by Crippen LogP contribution is 2.25. The third-order valence-corrected chi connectivity index (χ3v) is 11.9. The Bertz CT molecular complexity index is 2120. The molecule has 1 unspecified atom stereocenters. The standard InChI is InChI=1S/C23H28ClN3O5S.C18H19N3O3S/c1-32-21-12-9-17(24)15-20(21)22(28)25-14-13-16-7-10-19(11-8-16)33(30,31)27-23(29)26-18-5-3-2-4-6-18;1-21(16-4-2-3-9-19-16)10-11-24-14-7-5-13(6-8-14)12-15-17(22)20-18(23)25-15/h7-12,15,18H,2-6,13-14H2,1H3,(H,25,28)(H2,26,27,29);2-9,15H,10-12H2,1H3,(H,20,22,23). The number of benzene rings is 3. The molecule has 1 saturated heterocycles. The highest BCUT2D eigenvalue weighted by atomic mass is 35.5. The van der Waals surface area contributed by atoms with E-state index < -0.39 is 16.1 Å². The molecule has 1 saturated carbocycles. The number of imide groups is 1. The molecular formula is C41H47ClN6O8S2. The quantitative estimate of drug-likeness (QED) is 0.108. The first-order chi connectivity index (χ1) is 27.9. The Morgan fingerprint density at radius 1 is 0.966 bits per heavy atom. The number of halogens is 1. The lowest BCUT2D eigenvalue weighted by atomic mass is 9.96. The second kappa shape index (κ2) is 21.4. The number of aromatic nitrogens is 1. The number of amides is 5. The van der Waals surface area contributed by atoms with Crippen LogP contribution in [0.4, 0.5) is 15.4 Å². The molecular weight excluding hydrogens is 804 g/mol. The molecule has 3 aromatic carbocycles. The smallest absolute Gasteiger partial charge is 0.328 e. The molecule has 4 aromatic rings. The first-order valence-corrected chi connectivity index (χ1v) is 21.5. The van der Waals surface area contributed by atoms with Crippen LogP contribution < -0.4 is 35.0 Å². The first-order valence-electron chi connectivity index (χ1n) is 18.8. The molecule has 58 heavy (non-hydrogen) atoms. The van der Waals surface area contributed by atoms with Gasteiger partial charge in [0.1, 0.15) is 23.9 Å². The summed E-state index contributed by atoms with van der Waals surface area (Å²) in [7, 11) is -0.518. The van der Waals surface area contributed by atoms with E-state index in [1.54, 1.807) is 30.5 Å². The number of ether oxygens (including phenoxy) is 2. The van der Waals surface area contributed by atoms with E-state index in [0.717, 1.165) is 73.1 Å². The van der Waals surface area contributed by atoms with Gasteiger partial charge in [-0.05, 0) is 91.4 Å². The van der Waals surface area contributed by atoms with Crippen LogP contribution in [0.1, 0.15) is 53.6 Å². The number of sulfonamides is 1. The van der Waals surface area contributed by atoms with Crippen molar-refractivity contribution >= 4 is 62.3 Å². The van der Waals surface area contributed by atoms with Crippen molar-refractivity contribution < 1.29 is 37.1 Å². The summed E-state index contributed by atoms with van der Waals surface area (Å²) in [5.41, 5.74) is 2.17. The van der Waals surface area contributed by atoms with Crippen molar-refractivity contribution in [3.63, 3.8) is 0 Å². The fourth-order valence-corrected chi connectivity index (χ4v) is 8.16. The molecule has 4 N–H and O–H groups in total. The van der Waals surface area contributed by atoms with Gasteiger partial charge in [-0.25, -0.2) is 22.9 Å². The topological polar surface area (TPSA) is 185 Å². The molecule has 2 heterocycles. The summed E-state index contributed by atoms with van der Waals surface area (Å²) in [5, 5.41) is 7.65. The van der Waals surface area contributed by atoms with Crippen molar-refractivity contribution in [2.45, 2.75) is 61.1 Å². The van der Waals surface area contributed by atoms with E-state index in [0.29, 0.717) is 42.3 Å². The maximum absolute atomic E-state index is 12.5. The molecule has 1 aliphatic carbocycles. The molecule has 17 heteroatoms. The largest absolute Gasteiger partial charge is 0.496 e. The fourth-order valence-electron chi connectivity index (χ4n) is 6.21. The van der Waals surface area contributed by atoms with Crippen LogP contribution in [0.25, 0.3) is 0 Å². The second-order valence-corrected chi connectivity index (χ2v) is 16.9. The zero-order valence-corrected chi connectivity index (χ0v) is 34.6.